The second-order valence-corrected chi connectivity index (χ2v) is 4.26. The van der Waals surface area contributed by atoms with E-state index in [4.69, 9.17) is 10.5 Å². The summed E-state index contributed by atoms with van der Waals surface area (Å²) in [6, 6.07) is 10.4. The first-order valence-corrected chi connectivity index (χ1v) is 6.00. The summed E-state index contributed by atoms with van der Waals surface area (Å²) in [5, 5.41) is 2.62. The fourth-order valence-corrected chi connectivity index (χ4v) is 1.72. The fourth-order valence-electron chi connectivity index (χ4n) is 1.72. The highest BCUT2D eigenvalue weighted by Crippen LogP contribution is 2.10. The highest BCUT2D eigenvalue weighted by molar-refractivity contribution is 5.95. The average molecular weight is 273 g/mol. The molecular weight excluding hydrogens is 258 g/mol. The fraction of sp³-hybridized carbons (Fsp3) is 0.143. The van der Waals surface area contributed by atoms with E-state index < -0.39 is 11.9 Å². The van der Waals surface area contributed by atoms with Crippen LogP contribution in [-0.4, -0.2) is 23.1 Å². The van der Waals surface area contributed by atoms with Gasteiger partial charge in [0, 0.05) is 18.9 Å². The topological polar surface area (TPSA) is 86.3 Å². The Kier molecular flexibility index (Phi) is 4.05. The van der Waals surface area contributed by atoms with Crippen LogP contribution in [0.3, 0.4) is 0 Å². The predicted molar refractivity (Wildman–Crippen MR) is 75.2 cm³/mol. The zero-order valence-electron chi connectivity index (χ0n) is 11.0. The number of nitrogens with zero attached hydrogens (tertiary/aromatic N) is 1. The Morgan fingerprint density at radius 2 is 2.00 bits per heavy atom. The van der Waals surface area contributed by atoms with Gasteiger partial charge >= 0.3 is 5.97 Å². The van der Waals surface area contributed by atoms with E-state index in [0.717, 1.165) is 0 Å². The van der Waals surface area contributed by atoms with Crippen molar-refractivity contribution in [2.24, 2.45) is 7.05 Å². The molecule has 6 nitrogen and oxygen atoms in total. The quantitative estimate of drug-likeness (QED) is 0.824. The van der Waals surface area contributed by atoms with E-state index in [-0.39, 0.29) is 6.61 Å². The van der Waals surface area contributed by atoms with Gasteiger partial charge in [-0.1, -0.05) is 18.2 Å². The lowest BCUT2D eigenvalue weighted by atomic mass is 10.3. The lowest BCUT2D eigenvalue weighted by Crippen LogP contribution is -2.21. The lowest BCUT2D eigenvalue weighted by Gasteiger charge is -2.06. The van der Waals surface area contributed by atoms with Crippen LogP contribution in [0.5, 0.6) is 0 Å². The summed E-state index contributed by atoms with van der Waals surface area (Å²) in [5.41, 5.74) is 6.98. The Bertz CT molecular complexity index is 620. The first-order valence-electron chi connectivity index (χ1n) is 6.00. The number of nitrogens with two attached hydrogens (primary N) is 1. The molecule has 0 aliphatic heterocycles. The number of amides is 1. The molecule has 1 aromatic heterocycles. The highest BCUT2D eigenvalue weighted by atomic mass is 16.5. The minimum absolute atomic E-state index is 0.301. The number of carbonyl (C=O) groups excluding carboxylic acids is 2. The normalized spacial score (nSPS) is 10.1. The van der Waals surface area contributed by atoms with E-state index in [2.05, 4.69) is 5.32 Å². The third kappa shape index (κ3) is 3.38. The van der Waals surface area contributed by atoms with Crippen molar-refractivity contribution in [2.75, 3.05) is 17.7 Å². The van der Waals surface area contributed by atoms with Gasteiger partial charge in [0.05, 0.1) is 5.69 Å². The maximum absolute atomic E-state index is 11.8. The Hall–Kier alpha value is -2.76. The largest absolute Gasteiger partial charge is 0.451 e. The van der Waals surface area contributed by atoms with Gasteiger partial charge in [0.25, 0.3) is 5.91 Å². The van der Waals surface area contributed by atoms with Crippen molar-refractivity contribution in [3.8, 4) is 0 Å². The number of hydrogen-bond acceptors (Lipinski definition) is 4. The summed E-state index contributed by atoms with van der Waals surface area (Å²) in [6.45, 7) is -0.348. The van der Waals surface area contributed by atoms with Gasteiger partial charge in [-0.3, -0.25) is 4.79 Å². The number of esters is 1. The number of para-hydroxylation sites is 1. The molecule has 0 atom stereocenters. The van der Waals surface area contributed by atoms with Gasteiger partial charge in [-0.25, -0.2) is 4.79 Å². The molecule has 6 heteroatoms. The Morgan fingerprint density at radius 3 is 2.60 bits per heavy atom. The van der Waals surface area contributed by atoms with Crippen LogP contribution in [0.2, 0.25) is 0 Å². The molecular formula is C14H15N3O3. The summed E-state index contributed by atoms with van der Waals surface area (Å²) < 4.78 is 6.48. The van der Waals surface area contributed by atoms with Crippen LogP contribution < -0.4 is 11.1 Å². The lowest BCUT2D eigenvalue weighted by molar-refractivity contribution is -0.119. The van der Waals surface area contributed by atoms with Gasteiger partial charge in [-0.15, -0.1) is 0 Å². The average Bonchev–Trinajstić information content (AvgIpc) is 2.76. The molecule has 1 heterocycles. The SMILES string of the molecule is Cn1cc(N)cc1C(=O)OCC(=O)Nc1ccccc1. The monoisotopic (exact) mass is 273 g/mol. The van der Waals surface area contributed by atoms with Gasteiger partial charge in [0.15, 0.2) is 6.61 Å². The maximum atomic E-state index is 11.8. The van der Waals surface area contributed by atoms with Gasteiger partial charge in [0.1, 0.15) is 5.69 Å². The maximum Gasteiger partial charge on any atom is 0.355 e. The van der Waals surface area contributed by atoms with Crippen LogP contribution >= 0.6 is 0 Å². The number of aromatic nitrogens is 1. The molecule has 3 N–H and O–H groups in total. The van der Waals surface area contributed by atoms with Crippen molar-refractivity contribution in [3.05, 3.63) is 48.3 Å². The van der Waals surface area contributed by atoms with Crippen LogP contribution in [0.4, 0.5) is 11.4 Å². The molecule has 0 saturated heterocycles. The minimum atomic E-state index is -0.590. The van der Waals surface area contributed by atoms with Gasteiger partial charge in [-0.05, 0) is 18.2 Å². The second-order valence-electron chi connectivity index (χ2n) is 4.26. The Balaban J connectivity index is 1.87. The van der Waals surface area contributed by atoms with Crippen molar-refractivity contribution in [3.63, 3.8) is 0 Å². The minimum Gasteiger partial charge on any atom is -0.451 e. The summed E-state index contributed by atoms with van der Waals surface area (Å²) in [4.78, 5) is 23.4. The van der Waals surface area contributed by atoms with Gasteiger partial charge in [0.2, 0.25) is 0 Å². The van der Waals surface area contributed by atoms with Crippen molar-refractivity contribution in [1.29, 1.82) is 0 Å². The molecule has 0 radical (unpaired) electrons. The Morgan fingerprint density at radius 1 is 1.30 bits per heavy atom. The molecule has 20 heavy (non-hydrogen) atoms. The standard InChI is InChI=1S/C14H15N3O3/c1-17-8-10(15)7-12(17)14(19)20-9-13(18)16-11-5-3-2-4-6-11/h2-8H,9,15H2,1H3,(H,16,18). The molecule has 0 aliphatic carbocycles. The number of hydrogen-bond donors (Lipinski definition) is 2. The zero-order chi connectivity index (χ0) is 14.5. The summed E-state index contributed by atoms with van der Waals surface area (Å²) >= 11 is 0. The molecule has 0 spiro atoms. The summed E-state index contributed by atoms with van der Waals surface area (Å²) in [7, 11) is 1.68. The number of nitrogen functional groups attached to an aromatic ring is 1. The predicted octanol–water partition coefficient (Wildman–Crippen LogP) is 1.40. The summed E-state index contributed by atoms with van der Waals surface area (Å²) in [5.74, 6) is -0.987. The Labute approximate surface area is 116 Å². The highest BCUT2D eigenvalue weighted by Gasteiger charge is 2.14. The molecule has 0 unspecified atom stereocenters. The first-order chi connectivity index (χ1) is 9.56. The third-order valence-corrected chi connectivity index (χ3v) is 2.63. The van der Waals surface area contributed by atoms with Crippen molar-refractivity contribution in [2.45, 2.75) is 0 Å². The smallest absolute Gasteiger partial charge is 0.355 e. The number of aryl methyl sites for hydroxylation is 1. The molecule has 1 amide bonds. The number of nitrogens with one attached hydrogen (secondary N) is 1. The molecule has 0 bridgehead atoms. The van der Waals surface area contributed by atoms with Crippen LogP contribution in [-0.2, 0) is 16.6 Å². The number of ether oxygens (including phenoxy) is 1. The van der Waals surface area contributed by atoms with E-state index in [1.54, 1.807) is 42.1 Å². The molecule has 1 aromatic carbocycles. The third-order valence-electron chi connectivity index (χ3n) is 2.63. The molecule has 104 valence electrons. The van der Waals surface area contributed by atoms with E-state index in [1.807, 2.05) is 6.07 Å². The van der Waals surface area contributed by atoms with Crippen LogP contribution in [0.1, 0.15) is 10.5 Å². The number of anilines is 2. The first kappa shape index (κ1) is 13.7. The van der Waals surface area contributed by atoms with Crippen LogP contribution in [0, 0.1) is 0 Å². The zero-order valence-corrected chi connectivity index (χ0v) is 11.0. The number of carbonyl (C=O) groups is 2. The van der Waals surface area contributed by atoms with Gasteiger partial charge < -0.3 is 20.4 Å². The molecule has 2 rings (SSSR count). The van der Waals surface area contributed by atoms with Crippen molar-refractivity contribution < 1.29 is 14.3 Å². The summed E-state index contributed by atoms with van der Waals surface area (Å²) in [6.07, 6.45) is 1.60. The molecule has 2 aromatic rings. The van der Waals surface area contributed by atoms with Gasteiger partial charge in [-0.2, -0.15) is 0 Å². The number of benzene rings is 1. The molecule has 0 fully saturated rings. The van der Waals surface area contributed by atoms with E-state index in [1.165, 1.54) is 6.07 Å². The van der Waals surface area contributed by atoms with Crippen LogP contribution in [0.15, 0.2) is 42.6 Å². The van der Waals surface area contributed by atoms with E-state index in [0.29, 0.717) is 17.1 Å². The van der Waals surface area contributed by atoms with E-state index in [9.17, 15) is 9.59 Å². The van der Waals surface area contributed by atoms with Crippen LogP contribution in [0.25, 0.3) is 0 Å². The second kappa shape index (κ2) is 5.92. The van der Waals surface area contributed by atoms with Crippen molar-refractivity contribution in [1.82, 2.24) is 4.57 Å². The van der Waals surface area contributed by atoms with E-state index >= 15 is 0 Å². The molecule has 0 aliphatic rings. The number of rotatable bonds is 4. The molecule has 0 saturated carbocycles. The van der Waals surface area contributed by atoms with Crippen molar-refractivity contribution >= 4 is 23.3 Å².